The molecule has 88 valence electrons. The first-order chi connectivity index (χ1) is 8.15. The summed E-state index contributed by atoms with van der Waals surface area (Å²) in [6.45, 7) is 0.410. The number of halogens is 1. The topological polar surface area (TPSA) is 74.2 Å². The zero-order valence-corrected chi connectivity index (χ0v) is 9.82. The fraction of sp³-hybridized carbons (Fsp3) is 0.0833. The lowest BCUT2D eigenvalue weighted by Crippen LogP contribution is -2.01. The van der Waals surface area contributed by atoms with Gasteiger partial charge in [-0.3, -0.25) is 0 Å². The van der Waals surface area contributed by atoms with Crippen LogP contribution in [0, 0.1) is 0 Å². The molecule has 4 nitrogen and oxygen atoms in total. The summed E-state index contributed by atoms with van der Waals surface area (Å²) in [5.74, 6) is 0.727. The Morgan fingerprint density at radius 2 is 1.76 bits per heavy atom. The average molecular weight is 250 g/mol. The molecule has 0 aliphatic heterocycles. The molecule has 2 rings (SSSR count). The van der Waals surface area contributed by atoms with Crippen molar-refractivity contribution >= 4 is 23.1 Å². The molecule has 1 heterocycles. The van der Waals surface area contributed by atoms with Crippen molar-refractivity contribution in [3.63, 3.8) is 0 Å². The van der Waals surface area contributed by atoms with Crippen LogP contribution in [0.15, 0.2) is 36.4 Å². The maximum Gasteiger partial charge on any atom is 0.215 e. The molecule has 0 unspecified atom stereocenters. The fourth-order valence-electron chi connectivity index (χ4n) is 1.29. The summed E-state index contributed by atoms with van der Waals surface area (Å²) in [6, 6.07) is 10.8. The summed E-state index contributed by atoms with van der Waals surface area (Å²) in [4.78, 5) is 4.01. The van der Waals surface area contributed by atoms with Gasteiger partial charge in [0.2, 0.25) is 5.88 Å². The van der Waals surface area contributed by atoms with Crippen LogP contribution in [0.3, 0.4) is 0 Å². The molecule has 1 aromatic heterocycles. The number of hydrogen-bond acceptors (Lipinski definition) is 4. The maximum absolute atomic E-state index is 5.78. The van der Waals surface area contributed by atoms with Crippen LogP contribution in [-0.2, 0) is 6.61 Å². The van der Waals surface area contributed by atoms with Crippen molar-refractivity contribution in [3.05, 3.63) is 47.0 Å². The van der Waals surface area contributed by atoms with Gasteiger partial charge >= 0.3 is 0 Å². The van der Waals surface area contributed by atoms with Crippen LogP contribution in [0.25, 0.3) is 0 Å². The van der Waals surface area contributed by atoms with Crippen molar-refractivity contribution in [2.75, 3.05) is 11.5 Å². The van der Waals surface area contributed by atoms with Gasteiger partial charge in [0.25, 0.3) is 0 Å². The van der Waals surface area contributed by atoms with Crippen LogP contribution >= 0.6 is 11.6 Å². The van der Waals surface area contributed by atoms with E-state index >= 15 is 0 Å². The monoisotopic (exact) mass is 249 g/mol. The average Bonchev–Trinajstić information content (AvgIpc) is 2.33. The number of benzene rings is 1. The Morgan fingerprint density at radius 1 is 1.06 bits per heavy atom. The molecule has 0 aliphatic rings. The SMILES string of the molecule is Nc1ccc(OCc2ccc(Cl)cc2)nc1N. The molecule has 1 aromatic carbocycles. The molecule has 0 saturated carbocycles. The third-order valence-electron chi connectivity index (χ3n) is 2.23. The number of nitrogen functional groups attached to an aromatic ring is 2. The second-order valence-electron chi connectivity index (χ2n) is 3.54. The highest BCUT2D eigenvalue weighted by Crippen LogP contribution is 2.18. The van der Waals surface area contributed by atoms with E-state index in [1.54, 1.807) is 12.1 Å². The van der Waals surface area contributed by atoms with Crippen molar-refractivity contribution in [2.45, 2.75) is 6.61 Å². The molecule has 0 amide bonds. The molecule has 4 N–H and O–H groups in total. The van der Waals surface area contributed by atoms with Crippen molar-refractivity contribution < 1.29 is 4.74 Å². The molecular weight excluding hydrogens is 238 g/mol. The van der Waals surface area contributed by atoms with Crippen LogP contribution in [0.1, 0.15) is 5.56 Å². The quantitative estimate of drug-likeness (QED) is 0.876. The smallest absolute Gasteiger partial charge is 0.215 e. The molecule has 0 atom stereocenters. The predicted molar refractivity (Wildman–Crippen MR) is 68.8 cm³/mol. The molecule has 0 spiro atoms. The first-order valence-corrected chi connectivity index (χ1v) is 5.42. The number of anilines is 2. The molecule has 0 fully saturated rings. The molecule has 5 heteroatoms. The highest BCUT2D eigenvalue weighted by molar-refractivity contribution is 6.30. The Bertz CT molecular complexity index is 514. The van der Waals surface area contributed by atoms with Crippen molar-refractivity contribution in [1.29, 1.82) is 0 Å². The van der Waals surface area contributed by atoms with Crippen LogP contribution < -0.4 is 16.2 Å². The van der Waals surface area contributed by atoms with E-state index in [0.29, 0.717) is 23.2 Å². The van der Waals surface area contributed by atoms with E-state index in [9.17, 15) is 0 Å². The second-order valence-corrected chi connectivity index (χ2v) is 3.98. The Labute approximate surface area is 104 Å². The number of ether oxygens (including phenoxy) is 1. The van der Waals surface area contributed by atoms with Crippen molar-refractivity contribution in [2.24, 2.45) is 0 Å². The molecule has 0 bridgehead atoms. The highest BCUT2D eigenvalue weighted by Gasteiger charge is 2.00. The standard InChI is InChI=1S/C12H12ClN3O/c13-9-3-1-8(2-4-9)7-17-11-6-5-10(14)12(15)16-11/h1-6H,7,14H2,(H2,15,16). The summed E-state index contributed by atoms with van der Waals surface area (Å²) in [5, 5.41) is 0.698. The lowest BCUT2D eigenvalue weighted by atomic mass is 10.2. The number of nitrogens with zero attached hydrogens (tertiary/aromatic N) is 1. The molecule has 0 saturated heterocycles. The number of pyridine rings is 1. The zero-order chi connectivity index (χ0) is 12.3. The largest absolute Gasteiger partial charge is 0.473 e. The minimum atomic E-state index is 0.276. The molecule has 0 aliphatic carbocycles. The third kappa shape index (κ3) is 3.01. The minimum Gasteiger partial charge on any atom is -0.473 e. The van der Waals surface area contributed by atoms with Crippen molar-refractivity contribution in [1.82, 2.24) is 4.98 Å². The summed E-state index contributed by atoms with van der Waals surface area (Å²) in [7, 11) is 0. The van der Waals surface area contributed by atoms with Crippen LogP contribution in [0.5, 0.6) is 5.88 Å². The van der Waals surface area contributed by atoms with Crippen LogP contribution in [0.2, 0.25) is 5.02 Å². The molecule has 17 heavy (non-hydrogen) atoms. The van der Waals surface area contributed by atoms with Gasteiger partial charge in [0.05, 0.1) is 5.69 Å². The minimum absolute atomic E-state index is 0.276. The second kappa shape index (κ2) is 4.93. The Kier molecular flexibility index (Phi) is 3.35. The number of rotatable bonds is 3. The zero-order valence-electron chi connectivity index (χ0n) is 9.06. The van der Waals surface area contributed by atoms with Crippen LogP contribution in [0.4, 0.5) is 11.5 Å². The summed E-state index contributed by atoms with van der Waals surface area (Å²) in [6.07, 6.45) is 0. The lowest BCUT2D eigenvalue weighted by molar-refractivity contribution is 0.294. The molecular formula is C12H12ClN3O. The summed E-state index contributed by atoms with van der Waals surface area (Å²) in [5.41, 5.74) is 12.6. The van der Waals surface area contributed by atoms with E-state index in [4.69, 9.17) is 27.8 Å². The van der Waals surface area contributed by atoms with Gasteiger partial charge in [-0.15, -0.1) is 0 Å². The maximum atomic E-state index is 5.78. The van der Waals surface area contributed by atoms with Gasteiger partial charge < -0.3 is 16.2 Å². The number of nitrogens with two attached hydrogens (primary N) is 2. The molecule has 2 aromatic rings. The molecule has 0 radical (unpaired) electrons. The summed E-state index contributed by atoms with van der Waals surface area (Å²) < 4.78 is 5.48. The van der Waals surface area contributed by atoms with Gasteiger partial charge in [-0.1, -0.05) is 23.7 Å². The third-order valence-corrected chi connectivity index (χ3v) is 2.48. The fourth-order valence-corrected chi connectivity index (χ4v) is 1.41. The van der Waals surface area contributed by atoms with Gasteiger partial charge in [0.15, 0.2) is 5.82 Å². The van der Waals surface area contributed by atoms with Gasteiger partial charge in [-0.2, -0.15) is 4.98 Å². The van der Waals surface area contributed by atoms with E-state index in [0.717, 1.165) is 5.56 Å². The van der Waals surface area contributed by atoms with E-state index in [1.165, 1.54) is 0 Å². The lowest BCUT2D eigenvalue weighted by Gasteiger charge is -2.07. The van der Waals surface area contributed by atoms with Crippen LogP contribution in [-0.4, -0.2) is 4.98 Å². The van der Waals surface area contributed by atoms with E-state index in [2.05, 4.69) is 4.98 Å². The Balaban J connectivity index is 2.02. The van der Waals surface area contributed by atoms with E-state index in [-0.39, 0.29) is 5.82 Å². The Hall–Kier alpha value is -1.94. The Morgan fingerprint density at radius 3 is 2.41 bits per heavy atom. The normalized spacial score (nSPS) is 10.2. The van der Waals surface area contributed by atoms with Crippen molar-refractivity contribution in [3.8, 4) is 5.88 Å². The number of aromatic nitrogens is 1. The van der Waals surface area contributed by atoms with Gasteiger partial charge in [-0.25, -0.2) is 0 Å². The van der Waals surface area contributed by atoms with E-state index < -0.39 is 0 Å². The van der Waals surface area contributed by atoms with Gasteiger partial charge in [0.1, 0.15) is 6.61 Å². The predicted octanol–water partition coefficient (Wildman–Crippen LogP) is 2.48. The van der Waals surface area contributed by atoms with Gasteiger partial charge in [-0.05, 0) is 23.8 Å². The van der Waals surface area contributed by atoms with E-state index in [1.807, 2.05) is 24.3 Å². The highest BCUT2D eigenvalue weighted by atomic mass is 35.5. The first-order valence-electron chi connectivity index (χ1n) is 5.04. The first kappa shape index (κ1) is 11.5. The summed E-state index contributed by atoms with van der Waals surface area (Å²) >= 11 is 5.78. The number of hydrogen-bond donors (Lipinski definition) is 2. The van der Waals surface area contributed by atoms with Gasteiger partial charge in [0, 0.05) is 11.1 Å².